The molecule has 2 aromatic rings. The molecule has 0 unspecified atom stereocenters. The van der Waals surface area contributed by atoms with Crippen LogP contribution in [0.25, 0.3) is 0 Å². The quantitative estimate of drug-likeness (QED) is 0.834. The summed E-state index contributed by atoms with van der Waals surface area (Å²) in [5.74, 6) is 5.91. The molecule has 0 aliphatic carbocycles. The second kappa shape index (κ2) is 6.00. The van der Waals surface area contributed by atoms with Crippen LogP contribution >= 0.6 is 11.3 Å². The van der Waals surface area contributed by atoms with Crippen molar-refractivity contribution in [2.75, 3.05) is 23.3 Å². The van der Waals surface area contributed by atoms with E-state index in [9.17, 15) is 4.79 Å². The Kier molecular flexibility index (Phi) is 3.91. The number of para-hydroxylation sites is 2. The molecule has 1 aromatic carbocycles. The highest BCUT2D eigenvalue weighted by atomic mass is 32.1. The first-order valence-corrected chi connectivity index (χ1v) is 7.49. The molecule has 21 heavy (non-hydrogen) atoms. The summed E-state index contributed by atoms with van der Waals surface area (Å²) in [4.78, 5) is 16.1. The normalized spacial score (nSPS) is 13.2. The molecular formula is C16H15N3OS. The maximum atomic E-state index is 11.8. The molecule has 5 heteroatoms. The fourth-order valence-electron chi connectivity index (χ4n) is 2.30. The Morgan fingerprint density at radius 3 is 3.00 bits per heavy atom. The second-order valence-electron chi connectivity index (χ2n) is 4.69. The monoisotopic (exact) mass is 297 g/mol. The van der Waals surface area contributed by atoms with E-state index in [0.717, 1.165) is 16.3 Å². The predicted octanol–water partition coefficient (Wildman–Crippen LogP) is 2.02. The molecule has 1 amide bonds. The topological polar surface area (TPSA) is 58.4 Å². The largest absolute Gasteiger partial charge is 0.355 e. The van der Waals surface area contributed by atoms with Crippen LogP contribution < -0.4 is 16.0 Å². The van der Waals surface area contributed by atoms with E-state index in [-0.39, 0.29) is 5.91 Å². The standard InChI is InChI=1S/C16H15N3OS/c17-9-3-4-12-7-8-13(21-12)10-19-11-16(20)18-14-5-1-2-6-15(14)19/h1-2,5-8H,9-11,17H2,(H,18,20). The number of benzene rings is 1. The summed E-state index contributed by atoms with van der Waals surface area (Å²) in [6, 6.07) is 11.9. The van der Waals surface area contributed by atoms with E-state index in [1.807, 2.05) is 30.3 Å². The van der Waals surface area contributed by atoms with Crippen LogP contribution in [-0.4, -0.2) is 19.0 Å². The van der Waals surface area contributed by atoms with Crippen molar-refractivity contribution in [3.05, 3.63) is 46.2 Å². The lowest BCUT2D eigenvalue weighted by Gasteiger charge is -2.30. The lowest BCUT2D eigenvalue weighted by atomic mass is 10.2. The zero-order valence-electron chi connectivity index (χ0n) is 11.4. The van der Waals surface area contributed by atoms with Crippen LogP contribution in [0, 0.1) is 11.8 Å². The number of nitrogens with two attached hydrogens (primary N) is 1. The van der Waals surface area contributed by atoms with E-state index in [1.54, 1.807) is 11.3 Å². The summed E-state index contributed by atoms with van der Waals surface area (Å²) in [5.41, 5.74) is 7.30. The van der Waals surface area contributed by atoms with Gasteiger partial charge in [-0.1, -0.05) is 24.0 Å². The summed E-state index contributed by atoms with van der Waals surface area (Å²) >= 11 is 1.64. The van der Waals surface area contributed by atoms with Crippen molar-refractivity contribution in [1.82, 2.24) is 0 Å². The maximum absolute atomic E-state index is 11.8. The third kappa shape index (κ3) is 3.07. The number of hydrogen-bond donors (Lipinski definition) is 2. The first-order valence-electron chi connectivity index (χ1n) is 6.68. The van der Waals surface area contributed by atoms with Crippen molar-refractivity contribution in [1.29, 1.82) is 0 Å². The fraction of sp³-hybridized carbons (Fsp3) is 0.188. The Labute approximate surface area is 127 Å². The number of nitrogens with one attached hydrogen (secondary N) is 1. The molecule has 2 heterocycles. The van der Waals surface area contributed by atoms with Crippen LogP contribution in [0.1, 0.15) is 9.75 Å². The minimum Gasteiger partial charge on any atom is -0.355 e. The average Bonchev–Trinajstić information content (AvgIpc) is 2.92. The van der Waals surface area contributed by atoms with Crippen LogP contribution in [0.15, 0.2) is 36.4 Å². The van der Waals surface area contributed by atoms with Gasteiger partial charge in [0.2, 0.25) is 5.91 Å². The highest BCUT2D eigenvalue weighted by molar-refractivity contribution is 7.12. The van der Waals surface area contributed by atoms with Crippen LogP contribution in [0.3, 0.4) is 0 Å². The van der Waals surface area contributed by atoms with E-state index < -0.39 is 0 Å². The van der Waals surface area contributed by atoms with Gasteiger partial charge in [-0.25, -0.2) is 0 Å². The summed E-state index contributed by atoms with van der Waals surface area (Å²) in [5, 5.41) is 2.90. The minimum absolute atomic E-state index is 0.0217. The van der Waals surface area contributed by atoms with Crippen LogP contribution in [0.4, 0.5) is 11.4 Å². The third-order valence-electron chi connectivity index (χ3n) is 3.18. The zero-order valence-corrected chi connectivity index (χ0v) is 12.2. The van der Waals surface area contributed by atoms with Gasteiger partial charge in [-0.15, -0.1) is 11.3 Å². The number of nitrogens with zero attached hydrogens (tertiary/aromatic N) is 1. The average molecular weight is 297 g/mol. The van der Waals surface area contributed by atoms with Gasteiger partial charge in [0.25, 0.3) is 0 Å². The number of amides is 1. The highest BCUT2D eigenvalue weighted by Crippen LogP contribution is 2.31. The maximum Gasteiger partial charge on any atom is 0.243 e. The Morgan fingerprint density at radius 2 is 2.14 bits per heavy atom. The molecule has 1 aliphatic rings. The number of hydrogen-bond acceptors (Lipinski definition) is 4. The highest BCUT2D eigenvalue weighted by Gasteiger charge is 2.21. The molecule has 0 saturated heterocycles. The van der Waals surface area contributed by atoms with Crippen LogP contribution in [0.2, 0.25) is 0 Å². The Bertz CT molecular complexity index is 726. The first kappa shape index (κ1) is 13.7. The van der Waals surface area contributed by atoms with Gasteiger partial charge in [0.15, 0.2) is 0 Å². The Balaban J connectivity index is 1.82. The van der Waals surface area contributed by atoms with Gasteiger partial charge >= 0.3 is 0 Å². The van der Waals surface area contributed by atoms with Crippen molar-refractivity contribution in [3.8, 4) is 11.8 Å². The van der Waals surface area contributed by atoms with E-state index in [4.69, 9.17) is 5.73 Å². The van der Waals surface area contributed by atoms with Crippen LogP contribution in [-0.2, 0) is 11.3 Å². The summed E-state index contributed by atoms with van der Waals surface area (Å²) in [7, 11) is 0. The van der Waals surface area contributed by atoms with E-state index >= 15 is 0 Å². The van der Waals surface area contributed by atoms with Gasteiger partial charge in [0.1, 0.15) is 0 Å². The van der Waals surface area contributed by atoms with Gasteiger partial charge in [0.05, 0.1) is 35.9 Å². The van der Waals surface area contributed by atoms with Gasteiger partial charge in [0, 0.05) is 4.88 Å². The molecule has 3 N–H and O–H groups in total. The molecule has 0 spiro atoms. The summed E-state index contributed by atoms with van der Waals surface area (Å²) < 4.78 is 0. The molecule has 1 aliphatic heterocycles. The number of rotatable bonds is 2. The predicted molar refractivity (Wildman–Crippen MR) is 86.4 cm³/mol. The number of carbonyl (C=O) groups is 1. The zero-order chi connectivity index (χ0) is 14.7. The lowest BCUT2D eigenvalue weighted by molar-refractivity contribution is -0.115. The van der Waals surface area contributed by atoms with Crippen molar-refractivity contribution in [2.24, 2.45) is 5.73 Å². The number of fused-ring (bicyclic) bond motifs is 1. The SMILES string of the molecule is NCC#Cc1ccc(CN2CC(=O)Nc3ccccc32)s1. The van der Waals surface area contributed by atoms with Crippen molar-refractivity contribution in [3.63, 3.8) is 0 Å². The number of thiophene rings is 1. The molecule has 0 bridgehead atoms. The Morgan fingerprint density at radius 1 is 1.29 bits per heavy atom. The molecule has 106 valence electrons. The van der Waals surface area contributed by atoms with Gasteiger partial charge in [-0.2, -0.15) is 0 Å². The molecule has 3 rings (SSSR count). The molecule has 4 nitrogen and oxygen atoms in total. The second-order valence-corrected chi connectivity index (χ2v) is 5.86. The van der Waals surface area contributed by atoms with Crippen LogP contribution in [0.5, 0.6) is 0 Å². The Hall–Kier alpha value is -2.29. The molecule has 0 radical (unpaired) electrons. The van der Waals surface area contributed by atoms with Gasteiger partial charge in [-0.3, -0.25) is 4.79 Å². The van der Waals surface area contributed by atoms with Gasteiger partial charge < -0.3 is 16.0 Å². The first-order chi connectivity index (χ1) is 10.3. The van der Waals surface area contributed by atoms with Crippen molar-refractivity contribution < 1.29 is 4.79 Å². The third-order valence-corrected chi connectivity index (χ3v) is 4.16. The lowest BCUT2D eigenvalue weighted by Crippen LogP contribution is -2.37. The molecular weight excluding hydrogens is 282 g/mol. The van der Waals surface area contributed by atoms with E-state index in [0.29, 0.717) is 19.6 Å². The van der Waals surface area contributed by atoms with Gasteiger partial charge in [-0.05, 0) is 24.3 Å². The summed E-state index contributed by atoms with van der Waals surface area (Å²) in [6.07, 6.45) is 0. The van der Waals surface area contributed by atoms with Crippen molar-refractivity contribution in [2.45, 2.75) is 6.54 Å². The fourth-order valence-corrected chi connectivity index (χ4v) is 3.20. The molecule has 1 aromatic heterocycles. The number of carbonyl (C=O) groups excluding carboxylic acids is 1. The molecule has 0 fully saturated rings. The summed E-state index contributed by atoms with van der Waals surface area (Å²) in [6.45, 7) is 1.45. The molecule has 0 saturated carbocycles. The number of anilines is 2. The smallest absolute Gasteiger partial charge is 0.243 e. The van der Waals surface area contributed by atoms with E-state index in [1.165, 1.54) is 4.88 Å². The molecule has 0 atom stereocenters. The van der Waals surface area contributed by atoms with Crippen molar-refractivity contribution >= 4 is 28.6 Å². The minimum atomic E-state index is 0.0217. The van der Waals surface area contributed by atoms with E-state index in [2.05, 4.69) is 28.1 Å².